The lowest BCUT2D eigenvalue weighted by Gasteiger charge is -1.69. The van der Waals surface area contributed by atoms with E-state index in [4.69, 9.17) is 11.5 Å². The van der Waals surface area contributed by atoms with Crippen molar-refractivity contribution < 1.29 is 0 Å². The minimum atomic E-state index is 0.324. The summed E-state index contributed by atoms with van der Waals surface area (Å²) in [7, 11) is 0. The Morgan fingerprint density at radius 1 is 0.786 bits per heavy atom. The van der Waals surface area contributed by atoms with Gasteiger partial charge in [-0.05, 0) is 24.4 Å². The first-order chi connectivity index (χ1) is 6.58. The Kier molecular flexibility index (Phi) is 3.36. The Labute approximate surface area is 88.1 Å². The summed E-state index contributed by atoms with van der Waals surface area (Å²) in [5.74, 6) is 0.648. The molecule has 0 atom stereocenters. The normalized spacial score (nSPS) is 9.14. The molecule has 0 aliphatic heterocycles. The van der Waals surface area contributed by atoms with Crippen LogP contribution in [0.1, 0.15) is 0 Å². The minimum Gasteiger partial charge on any atom is -0.368 e. The maximum atomic E-state index is 5.11. The molecule has 0 saturated heterocycles. The number of aromatic amines is 4. The van der Waals surface area contributed by atoms with Gasteiger partial charge in [0.1, 0.15) is 0 Å². The highest BCUT2D eigenvalue weighted by Gasteiger charge is 1.81. The number of nitrogens with two attached hydrogens (primary N) is 2. The van der Waals surface area contributed by atoms with Crippen LogP contribution in [0.5, 0.6) is 0 Å². The molecule has 0 radical (unpaired) electrons. The van der Waals surface area contributed by atoms with Gasteiger partial charge >= 0.3 is 0 Å². The molecule has 76 valence electrons. The standard InChI is InChI=1S/2C2H4N4S/c2*3-1-4-2(7)6-5-1/h2*(H4,3,4,5,6,7). The summed E-state index contributed by atoms with van der Waals surface area (Å²) in [5, 5.41) is 10.1. The zero-order chi connectivity index (χ0) is 10.6. The lowest BCUT2D eigenvalue weighted by atomic mass is 11.1. The third kappa shape index (κ3) is 3.37. The summed E-state index contributed by atoms with van der Waals surface area (Å²) in [6, 6.07) is 0. The predicted octanol–water partition coefficient (Wildman–Crippen LogP) is 0.0990. The molecule has 2 heterocycles. The Bertz CT molecular complexity index is 441. The van der Waals surface area contributed by atoms with E-state index in [2.05, 4.69) is 54.8 Å². The van der Waals surface area contributed by atoms with Gasteiger partial charge in [0.05, 0.1) is 0 Å². The van der Waals surface area contributed by atoms with Gasteiger partial charge < -0.3 is 11.5 Å². The van der Waals surface area contributed by atoms with Gasteiger partial charge in [-0.1, -0.05) is 0 Å². The fourth-order valence-corrected chi connectivity index (χ4v) is 0.864. The summed E-state index contributed by atoms with van der Waals surface area (Å²) < 4.78 is 0.773. The van der Waals surface area contributed by atoms with Crippen LogP contribution in [-0.4, -0.2) is 30.4 Å². The fraction of sp³-hybridized carbons (Fsp3) is 0. The van der Waals surface area contributed by atoms with Crippen molar-refractivity contribution in [3.63, 3.8) is 0 Å². The van der Waals surface area contributed by atoms with Crippen LogP contribution in [0.15, 0.2) is 0 Å². The first kappa shape index (κ1) is 10.4. The van der Waals surface area contributed by atoms with Crippen molar-refractivity contribution in [1.29, 1.82) is 0 Å². The molecule has 2 rings (SSSR count). The molecule has 0 aliphatic carbocycles. The largest absolute Gasteiger partial charge is 0.368 e. The van der Waals surface area contributed by atoms with E-state index < -0.39 is 0 Å². The monoisotopic (exact) mass is 232 g/mol. The zero-order valence-electron chi connectivity index (χ0n) is 6.87. The Morgan fingerprint density at radius 3 is 1.21 bits per heavy atom. The van der Waals surface area contributed by atoms with Gasteiger partial charge in [0.25, 0.3) is 0 Å². The van der Waals surface area contributed by atoms with E-state index in [0.717, 1.165) is 0 Å². The number of nitrogen functional groups attached to an aromatic ring is 2. The molecular weight excluding hydrogens is 224 g/mol. The van der Waals surface area contributed by atoms with Gasteiger partial charge in [-0.25, -0.2) is 0 Å². The van der Waals surface area contributed by atoms with Gasteiger partial charge in [-0.2, -0.15) is 9.97 Å². The maximum Gasteiger partial charge on any atom is 0.215 e. The topological polar surface area (TPSA) is 141 Å². The van der Waals surface area contributed by atoms with Crippen LogP contribution in [0.25, 0.3) is 0 Å². The summed E-state index contributed by atoms with van der Waals surface area (Å²) in [6.07, 6.45) is 0. The molecule has 0 saturated carbocycles. The first-order valence-electron chi connectivity index (χ1n) is 3.38. The molecule has 2 aromatic rings. The first-order valence-corrected chi connectivity index (χ1v) is 4.20. The van der Waals surface area contributed by atoms with Crippen LogP contribution >= 0.6 is 24.4 Å². The van der Waals surface area contributed by atoms with E-state index in [1.165, 1.54) is 0 Å². The number of anilines is 2. The molecule has 0 aliphatic rings. The van der Waals surface area contributed by atoms with Crippen LogP contribution in [0.4, 0.5) is 11.9 Å². The van der Waals surface area contributed by atoms with E-state index in [1.54, 1.807) is 0 Å². The summed E-state index contributed by atoms with van der Waals surface area (Å²) in [4.78, 5) is 7.19. The molecule has 10 heteroatoms. The zero-order valence-corrected chi connectivity index (χ0v) is 8.50. The van der Waals surface area contributed by atoms with Gasteiger partial charge in [-0.15, -0.1) is 0 Å². The molecule has 0 spiro atoms. The third-order valence-electron chi connectivity index (χ3n) is 1.04. The van der Waals surface area contributed by atoms with Gasteiger partial charge in [0.2, 0.25) is 21.4 Å². The summed E-state index contributed by atoms with van der Waals surface area (Å²) in [6.45, 7) is 0. The van der Waals surface area contributed by atoms with E-state index in [1.807, 2.05) is 0 Å². The van der Waals surface area contributed by atoms with Gasteiger partial charge in [0, 0.05) is 0 Å². The molecule has 8 N–H and O–H groups in total. The average Bonchev–Trinajstić information content (AvgIpc) is 2.63. The minimum absolute atomic E-state index is 0.324. The number of nitrogens with one attached hydrogen (secondary N) is 4. The lowest BCUT2D eigenvalue weighted by Crippen LogP contribution is -1.84. The number of nitrogens with zero attached hydrogens (tertiary/aromatic N) is 2. The Morgan fingerprint density at radius 2 is 1.14 bits per heavy atom. The SMILES string of the molecule is Nc1nc(=S)[nH][nH]1.Nc1nc(=S)[nH][nH]1. The maximum absolute atomic E-state index is 5.11. The molecule has 0 fully saturated rings. The van der Waals surface area contributed by atoms with E-state index in [0.29, 0.717) is 21.4 Å². The smallest absolute Gasteiger partial charge is 0.215 e. The number of rotatable bonds is 0. The molecule has 0 amide bonds. The fourth-order valence-electron chi connectivity index (χ4n) is 0.566. The second kappa shape index (κ2) is 4.53. The second-order valence-electron chi connectivity index (χ2n) is 2.10. The van der Waals surface area contributed by atoms with Crippen molar-refractivity contribution in [3.8, 4) is 0 Å². The van der Waals surface area contributed by atoms with Crippen molar-refractivity contribution in [2.24, 2.45) is 0 Å². The highest BCUT2D eigenvalue weighted by molar-refractivity contribution is 7.71. The van der Waals surface area contributed by atoms with Gasteiger partial charge in [0.15, 0.2) is 0 Å². The van der Waals surface area contributed by atoms with Crippen LogP contribution in [-0.2, 0) is 0 Å². The average molecular weight is 232 g/mol. The van der Waals surface area contributed by atoms with E-state index >= 15 is 0 Å². The van der Waals surface area contributed by atoms with Gasteiger partial charge in [-0.3, -0.25) is 20.4 Å². The number of H-pyrrole nitrogens is 4. The van der Waals surface area contributed by atoms with E-state index in [9.17, 15) is 0 Å². The number of aromatic nitrogens is 6. The van der Waals surface area contributed by atoms with Crippen molar-refractivity contribution in [3.05, 3.63) is 9.54 Å². The quantitative estimate of drug-likeness (QED) is 0.356. The Balaban J connectivity index is 0.000000140. The van der Waals surface area contributed by atoms with Crippen LogP contribution in [0.3, 0.4) is 0 Å². The van der Waals surface area contributed by atoms with Crippen molar-refractivity contribution in [2.75, 3.05) is 11.5 Å². The molecule has 0 bridgehead atoms. The molecular formula is C4H8N8S2. The number of hydrogen-bond donors (Lipinski definition) is 6. The molecule has 8 nitrogen and oxygen atoms in total. The summed E-state index contributed by atoms with van der Waals surface area (Å²) in [5.41, 5.74) is 10.2. The highest BCUT2D eigenvalue weighted by atomic mass is 32.1. The van der Waals surface area contributed by atoms with Crippen molar-refractivity contribution >= 4 is 36.3 Å². The lowest BCUT2D eigenvalue weighted by molar-refractivity contribution is 1.08. The van der Waals surface area contributed by atoms with Crippen LogP contribution < -0.4 is 11.5 Å². The Hall–Kier alpha value is -1.68. The number of hydrogen-bond acceptors (Lipinski definition) is 6. The highest BCUT2D eigenvalue weighted by Crippen LogP contribution is 1.82. The molecule has 0 aromatic carbocycles. The second-order valence-corrected chi connectivity index (χ2v) is 2.88. The molecule has 14 heavy (non-hydrogen) atoms. The summed E-state index contributed by atoms with van der Waals surface area (Å²) >= 11 is 9.11. The molecule has 2 aromatic heterocycles. The van der Waals surface area contributed by atoms with Crippen LogP contribution in [0.2, 0.25) is 0 Å². The van der Waals surface area contributed by atoms with Crippen molar-refractivity contribution in [1.82, 2.24) is 30.4 Å². The predicted molar refractivity (Wildman–Crippen MR) is 56.4 cm³/mol. The van der Waals surface area contributed by atoms with Crippen molar-refractivity contribution in [2.45, 2.75) is 0 Å². The van der Waals surface area contributed by atoms with E-state index in [-0.39, 0.29) is 0 Å². The molecule has 0 unspecified atom stereocenters. The third-order valence-corrected chi connectivity index (χ3v) is 1.43. The van der Waals surface area contributed by atoms with Crippen LogP contribution in [0, 0.1) is 9.54 Å².